The molecule has 27 heavy (non-hydrogen) atoms. The van der Waals surface area contributed by atoms with E-state index in [4.69, 9.17) is 23.2 Å². The van der Waals surface area contributed by atoms with Crippen LogP contribution in [0, 0.1) is 51.8 Å². The van der Waals surface area contributed by atoms with E-state index in [0.717, 1.165) is 25.7 Å². The Bertz CT molecular complexity index is 551. The summed E-state index contributed by atoms with van der Waals surface area (Å²) >= 11 is 14.1. The molecule has 0 heterocycles. The van der Waals surface area contributed by atoms with E-state index in [1.807, 2.05) is 0 Å². The Hall–Kier alpha value is 0.500. The fourth-order valence-electron chi connectivity index (χ4n) is 8.63. The summed E-state index contributed by atoms with van der Waals surface area (Å²) in [6.45, 7) is 13.9. The molecule has 4 aliphatic carbocycles. The number of rotatable bonds is 0. The van der Waals surface area contributed by atoms with Crippen LogP contribution < -0.4 is 0 Å². The standard InChI is InChI=1S/C23H38Cl2O2/c1-11-7-13-15(17(24)19(11)26)23(9-21(13,3)4)10-22(5,6)14-8-12(2)20(27)18(25)16(14)23/h11-20,26-27H,7-10H2,1-6H3. The van der Waals surface area contributed by atoms with Crippen LogP contribution in [0.4, 0.5) is 0 Å². The van der Waals surface area contributed by atoms with Gasteiger partial charge in [-0.15, -0.1) is 23.2 Å². The molecule has 4 rings (SSSR count). The van der Waals surface area contributed by atoms with Gasteiger partial charge in [-0.1, -0.05) is 41.5 Å². The normalized spacial score (nSPS) is 58.9. The van der Waals surface area contributed by atoms with Crippen LogP contribution >= 0.6 is 23.2 Å². The third kappa shape index (κ3) is 2.72. The maximum atomic E-state index is 10.9. The summed E-state index contributed by atoms with van der Waals surface area (Å²) in [7, 11) is 0. The van der Waals surface area contributed by atoms with Crippen LogP contribution in [0.5, 0.6) is 0 Å². The Morgan fingerprint density at radius 1 is 0.704 bits per heavy atom. The van der Waals surface area contributed by atoms with Gasteiger partial charge in [-0.05, 0) is 77.4 Å². The molecule has 0 aromatic carbocycles. The van der Waals surface area contributed by atoms with E-state index in [2.05, 4.69) is 41.5 Å². The van der Waals surface area contributed by atoms with Crippen LogP contribution in [0.2, 0.25) is 0 Å². The van der Waals surface area contributed by atoms with Gasteiger partial charge in [0.2, 0.25) is 0 Å². The molecule has 10 unspecified atom stereocenters. The van der Waals surface area contributed by atoms with E-state index in [9.17, 15) is 10.2 Å². The molecule has 0 aliphatic heterocycles. The smallest absolute Gasteiger partial charge is 0.0732 e. The lowest BCUT2D eigenvalue weighted by atomic mass is 9.58. The van der Waals surface area contributed by atoms with Crippen molar-refractivity contribution in [2.24, 2.45) is 51.8 Å². The average molecular weight is 417 g/mol. The third-order valence-electron chi connectivity index (χ3n) is 9.53. The predicted octanol–water partition coefficient (Wildman–Crippen LogP) is 5.31. The highest BCUT2D eigenvalue weighted by molar-refractivity contribution is 6.22. The van der Waals surface area contributed by atoms with E-state index in [0.29, 0.717) is 11.8 Å². The molecular formula is C23H38Cl2O2. The molecular weight excluding hydrogens is 379 g/mol. The molecule has 2 nitrogen and oxygen atoms in total. The first-order valence-corrected chi connectivity index (χ1v) is 11.8. The highest BCUT2D eigenvalue weighted by atomic mass is 35.5. The molecule has 2 N–H and O–H groups in total. The van der Waals surface area contributed by atoms with Gasteiger partial charge in [-0.2, -0.15) is 0 Å². The van der Waals surface area contributed by atoms with Crippen LogP contribution in [0.3, 0.4) is 0 Å². The van der Waals surface area contributed by atoms with Crippen molar-refractivity contribution in [3.63, 3.8) is 0 Å². The zero-order chi connectivity index (χ0) is 20.1. The second kappa shape index (κ2) is 6.25. The molecule has 0 aromatic heterocycles. The summed E-state index contributed by atoms with van der Waals surface area (Å²) in [4.78, 5) is 0. The molecule has 0 bridgehead atoms. The largest absolute Gasteiger partial charge is 0.391 e. The zero-order valence-corrected chi connectivity index (χ0v) is 19.3. The SMILES string of the molecule is CC1CC2C(C(Cl)C1O)C1(CC2(C)C)CC(C)(C)C2CC(C)C(O)C(Cl)C21. The van der Waals surface area contributed by atoms with E-state index < -0.39 is 12.2 Å². The maximum absolute atomic E-state index is 10.9. The van der Waals surface area contributed by atoms with Crippen molar-refractivity contribution < 1.29 is 10.2 Å². The van der Waals surface area contributed by atoms with Crippen molar-refractivity contribution in [3.8, 4) is 0 Å². The highest BCUT2D eigenvalue weighted by Crippen LogP contribution is 2.76. The average Bonchev–Trinajstić information content (AvgIpc) is 2.89. The maximum Gasteiger partial charge on any atom is 0.0732 e. The van der Waals surface area contributed by atoms with E-state index >= 15 is 0 Å². The summed E-state index contributed by atoms with van der Waals surface area (Å²) < 4.78 is 0. The number of hydrogen-bond acceptors (Lipinski definition) is 2. The van der Waals surface area contributed by atoms with Gasteiger partial charge in [-0.3, -0.25) is 0 Å². The third-order valence-corrected chi connectivity index (χ3v) is 10.6. The van der Waals surface area contributed by atoms with Gasteiger partial charge in [0.25, 0.3) is 0 Å². The first-order valence-electron chi connectivity index (χ1n) is 11.0. The van der Waals surface area contributed by atoms with E-state index in [1.54, 1.807) is 0 Å². The molecule has 4 aliphatic rings. The molecule has 4 heteroatoms. The van der Waals surface area contributed by atoms with Crippen LogP contribution in [0.25, 0.3) is 0 Å². The van der Waals surface area contributed by atoms with Crippen molar-refractivity contribution in [1.82, 2.24) is 0 Å². The molecule has 0 aromatic rings. The molecule has 1 spiro atoms. The van der Waals surface area contributed by atoms with Crippen LogP contribution in [0.15, 0.2) is 0 Å². The van der Waals surface area contributed by atoms with Gasteiger partial charge >= 0.3 is 0 Å². The lowest BCUT2D eigenvalue weighted by Crippen LogP contribution is -2.54. The zero-order valence-electron chi connectivity index (χ0n) is 17.8. The van der Waals surface area contributed by atoms with Crippen LogP contribution in [-0.2, 0) is 0 Å². The minimum absolute atomic E-state index is 0.0312. The summed E-state index contributed by atoms with van der Waals surface area (Å²) in [5.74, 6) is 2.11. The molecule has 0 radical (unpaired) electrons. The minimum Gasteiger partial charge on any atom is -0.391 e. The second-order valence-electron chi connectivity index (χ2n) is 12.1. The van der Waals surface area contributed by atoms with Crippen molar-refractivity contribution in [2.75, 3.05) is 0 Å². The van der Waals surface area contributed by atoms with Gasteiger partial charge in [0.05, 0.1) is 23.0 Å². The fourth-order valence-corrected chi connectivity index (χ4v) is 9.98. The molecule has 10 atom stereocenters. The Kier molecular flexibility index (Phi) is 4.81. The van der Waals surface area contributed by atoms with Gasteiger partial charge in [-0.25, -0.2) is 0 Å². The van der Waals surface area contributed by atoms with E-state index in [1.165, 1.54) is 0 Å². The quantitative estimate of drug-likeness (QED) is 0.524. The lowest BCUT2D eigenvalue weighted by Gasteiger charge is -2.51. The number of alkyl halides is 2. The summed E-state index contributed by atoms with van der Waals surface area (Å²) in [6, 6.07) is 0. The second-order valence-corrected chi connectivity index (χ2v) is 13.1. The van der Waals surface area contributed by atoms with E-state index in [-0.39, 0.29) is 50.7 Å². The molecule has 4 fully saturated rings. The fraction of sp³-hybridized carbons (Fsp3) is 1.00. The van der Waals surface area contributed by atoms with Crippen molar-refractivity contribution in [3.05, 3.63) is 0 Å². The molecule has 0 saturated heterocycles. The minimum atomic E-state index is -0.443. The van der Waals surface area contributed by atoms with Crippen LogP contribution in [0.1, 0.15) is 67.2 Å². The summed E-state index contributed by atoms with van der Waals surface area (Å²) in [6.07, 6.45) is 3.45. The number of aliphatic hydroxyl groups excluding tert-OH is 2. The number of aliphatic hydroxyl groups is 2. The van der Waals surface area contributed by atoms with Crippen molar-refractivity contribution >= 4 is 23.2 Å². The van der Waals surface area contributed by atoms with Crippen molar-refractivity contribution in [1.29, 1.82) is 0 Å². The van der Waals surface area contributed by atoms with Crippen molar-refractivity contribution in [2.45, 2.75) is 90.2 Å². The number of fused-ring (bicyclic) bond motifs is 4. The first-order chi connectivity index (χ1) is 12.3. The Morgan fingerprint density at radius 3 is 1.37 bits per heavy atom. The van der Waals surface area contributed by atoms with Gasteiger partial charge in [0.15, 0.2) is 0 Å². The summed E-state index contributed by atoms with van der Waals surface area (Å²) in [5, 5.41) is 21.3. The molecule has 156 valence electrons. The first kappa shape index (κ1) is 20.8. The lowest BCUT2D eigenvalue weighted by molar-refractivity contribution is -0.0471. The molecule has 0 amide bonds. The molecule has 4 saturated carbocycles. The van der Waals surface area contributed by atoms with Gasteiger partial charge in [0, 0.05) is 0 Å². The monoisotopic (exact) mass is 416 g/mol. The number of halogens is 2. The Labute approximate surface area is 175 Å². The Morgan fingerprint density at radius 2 is 1.04 bits per heavy atom. The summed E-state index contributed by atoms with van der Waals surface area (Å²) in [5.41, 5.74) is 0.424. The number of hydrogen-bond donors (Lipinski definition) is 2. The Balaban J connectivity index is 1.83. The topological polar surface area (TPSA) is 40.5 Å². The van der Waals surface area contributed by atoms with Gasteiger partial charge < -0.3 is 10.2 Å². The highest BCUT2D eigenvalue weighted by Gasteiger charge is 2.72. The van der Waals surface area contributed by atoms with Crippen LogP contribution in [-0.4, -0.2) is 33.2 Å². The predicted molar refractivity (Wildman–Crippen MR) is 112 cm³/mol. The van der Waals surface area contributed by atoms with Gasteiger partial charge in [0.1, 0.15) is 0 Å².